The first-order valence-electron chi connectivity index (χ1n) is 3.46. The van der Waals surface area contributed by atoms with Crippen molar-refractivity contribution in [3.8, 4) is 0 Å². The number of carboxylic acids is 1. The highest BCUT2D eigenvalue weighted by Gasteiger charge is 2.09. The lowest BCUT2D eigenvalue weighted by Gasteiger charge is -2.12. The molecule has 0 heterocycles. The van der Waals surface area contributed by atoms with E-state index in [-0.39, 0.29) is 25.6 Å². The number of aliphatic carboxylic acids is 1. The first kappa shape index (κ1) is 10.3. The van der Waals surface area contributed by atoms with Gasteiger partial charge in [0, 0.05) is 19.1 Å². The van der Waals surface area contributed by atoms with Gasteiger partial charge in [-0.05, 0) is 0 Å². The van der Waals surface area contributed by atoms with Crippen LogP contribution in [-0.2, 0) is 4.79 Å². The Bertz CT molecular complexity index is 118. The van der Waals surface area contributed by atoms with Crippen LogP contribution in [0.4, 0.5) is 0 Å². The van der Waals surface area contributed by atoms with Crippen molar-refractivity contribution in [2.45, 2.75) is 12.5 Å². The van der Waals surface area contributed by atoms with Gasteiger partial charge in [0.1, 0.15) is 0 Å². The number of aliphatic hydroxyl groups is 1. The van der Waals surface area contributed by atoms with Gasteiger partial charge in [-0.1, -0.05) is 0 Å². The predicted octanol–water partition coefficient (Wildman–Crippen LogP) is -1.63. The monoisotopic (exact) mass is 162 g/mol. The van der Waals surface area contributed by atoms with E-state index in [1.807, 2.05) is 0 Å². The van der Waals surface area contributed by atoms with Crippen LogP contribution in [-0.4, -0.2) is 41.9 Å². The van der Waals surface area contributed by atoms with Crippen molar-refractivity contribution in [2.75, 3.05) is 19.7 Å². The normalized spacial score (nSPS) is 12.9. The Kier molecular flexibility index (Phi) is 5.73. The Morgan fingerprint density at radius 1 is 1.64 bits per heavy atom. The Morgan fingerprint density at radius 2 is 2.27 bits per heavy atom. The molecule has 5 N–H and O–H groups in total. The van der Waals surface area contributed by atoms with E-state index in [2.05, 4.69) is 5.32 Å². The summed E-state index contributed by atoms with van der Waals surface area (Å²) < 4.78 is 0. The number of carboxylic acid groups (broad SMARTS) is 1. The second-order valence-electron chi connectivity index (χ2n) is 2.21. The van der Waals surface area contributed by atoms with Crippen molar-refractivity contribution in [1.29, 1.82) is 0 Å². The van der Waals surface area contributed by atoms with Crippen LogP contribution in [0.2, 0.25) is 0 Å². The SMILES string of the molecule is NCC(CC(=O)O)NCCO. The van der Waals surface area contributed by atoms with E-state index in [1.54, 1.807) is 0 Å². The van der Waals surface area contributed by atoms with Crippen molar-refractivity contribution in [3.63, 3.8) is 0 Å². The molecule has 0 aliphatic rings. The highest BCUT2D eigenvalue weighted by molar-refractivity contribution is 5.67. The molecule has 0 rings (SSSR count). The first-order valence-corrected chi connectivity index (χ1v) is 3.46. The number of hydrogen-bond donors (Lipinski definition) is 4. The van der Waals surface area contributed by atoms with E-state index in [1.165, 1.54) is 0 Å². The van der Waals surface area contributed by atoms with E-state index in [0.29, 0.717) is 6.54 Å². The fourth-order valence-electron chi connectivity index (χ4n) is 0.718. The zero-order valence-electron chi connectivity index (χ0n) is 6.29. The van der Waals surface area contributed by atoms with Gasteiger partial charge in [-0.2, -0.15) is 0 Å². The van der Waals surface area contributed by atoms with Gasteiger partial charge in [0.25, 0.3) is 0 Å². The van der Waals surface area contributed by atoms with Gasteiger partial charge >= 0.3 is 5.97 Å². The molecule has 0 aromatic heterocycles. The summed E-state index contributed by atoms with van der Waals surface area (Å²) in [5.41, 5.74) is 5.25. The number of aliphatic hydroxyl groups excluding tert-OH is 1. The quantitative estimate of drug-likeness (QED) is 0.376. The lowest BCUT2D eigenvalue weighted by atomic mass is 10.2. The second kappa shape index (κ2) is 6.09. The molecule has 5 nitrogen and oxygen atoms in total. The highest BCUT2D eigenvalue weighted by atomic mass is 16.4. The number of hydrogen-bond acceptors (Lipinski definition) is 4. The van der Waals surface area contributed by atoms with Gasteiger partial charge in [-0.25, -0.2) is 0 Å². The molecule has 0 aromatic carbocycles. The van der Waals surface area contributed by atoms with Gasteiger partial charge in [0.05, 0.1) is 13.0 Å². The Labute approximate surface area is 65.2 Å². The predicted molar refractivity (Wildman–Crippen MR) is 40.2 cm³/mol. The maximum atomic E-state index is 10.2. The topological polar surface area (TPSA) is 95.6 Å². The maximum Gasteiger partial charge on any atom is 0.304 e. The summed E-state index contributed by atoms with van der Waals surface area (Å²) in [6.07, 6.45) is -0.00347. The minimum absolute atomic E-state index is 0.00347. The standard InChI is InChI=1S/C6H14N2O3/c7-4-5(3-6(10)11)8-1-2-9/h5,8-9H,1-4,7H2,(H,10,11). The van der Waals surface area contributed by atoms with Crippen LogP contribution in [0.15, 0.2) is 0 Å². The van der Waals surface area contributed by atoms with E-state index >= 15 is 0 Å². The van der Waals surface area contributed by atoms with Crippen LogP contribution in [0.1, 0.15) is 6.42 Å². The van der Waals surface area contributed by atoms with Gasteiger partial charge in [0.15, 0.2) is 0 Å². The Morgan fingerprint density at radius 3 is 2.64 bits per heavy atom. The van der Waals surface area contributed by atoms with E-state index in [9.17, 15) is 4.79 Å². The lowest BCUT2D eigenvalue weighted by Crippen LogP contribution is -2.39. The average molecular weight is 162 g/mol. The van der Waals surface area contributed by atoms with Crippen molar-refractivity contribution >= 4 is 5.97 Å². The van der Waals surface area contributed by atoms with Crippen molar-refractivity contribution in [2.24, 2.45) is 5.73 Å². The molecule has 5 heteroatoms. The molecular formula is C6H14N2O3. The molecule has 0 aromatic rings. The first-order chi connectivity index (χ1) is 5.20. The molecule has 0 saturated heterocycles. The summed E-state index contributed by atoms with van der Waals surface area (Å²) in [4.78, 5) is 10.2. The third kappa shape index (κ3) is 5.78. The molecule has 0 radical (unpaired) electrons. The fraction of sp³-hybridized carbons (Fsp3) is 0.833. The minimum Gasteiger partial charge on any atom is -0.481 e. The molecule has 66 valence electrons. The molecule has 0 aliphatic carbocycles. The van der Waals surface area contributed by atoms with Gasteiger partial charge in [-0.15, -0.1) is 0 Å². The lowest BCUT2D eigenvalue weighted by molar-refractivity contribution is -0.137. The highest BCUT2D eigenvalue weighted by Crippen LogP contribution is 1.88. The van der Waals surface area contributed by atoms with Gasteiger partial charge in [-0.3, -0.25) is 4.79 Å². The number of nitrogens with two attached hydrogens (primary N) is 1. The Balaban J connectivity index is 3.49. The van der Waals surface area contributed by atoms with Crippen LogP contribution >= 0.6 is 0 Å². The average Bonchev–Trinajstić information content (AvgIpc) is 1.97. The third-order valence-electron chi connectivity index (χ3n) is 1.25. The summed E-state index contributed by atoms with van der Waals surface area (Å²) in [5.74, 6) is -0.883. The molecule has 0 fully saturated rings. The van der Waals surface area contributed by atoms with Crippen molar-refractivity contribution < 1.29 is 15.0 Å². The zero-order chi connectivity index (χ0) is 8.69. The van der Waals surface area contributed by atoms with Crippen LogP contribution in [0.5, 0.6) is 0 Å². The zero-order valence-corrected chi connectivity index (χ0v) is 6.29. The molecule has 0 spiro atoms. The van der Waals surface area contributed by atoms with Crippen molar-refractivity contribution in [3.05, 3.63) is 0 Å². The van der Waals surface area contributed by atoms with E-state index in [0.717, 1.165) is 0 Å². The second-order valence-corrected chi connectivity index (χ2v) is 2.21. The molecule has 0 bridgehead atoms. The number of nitrogens with one attached hydrogen (secondary N) is 1. The largest absolute Gasteiger partial charge is 0.481 e. The van der Waals surface area contributed by atoms with Gasteiger partial charge < -0.3 is 21.3 Å². The molecule has 0 aliphatic heterocycles. The smallest absolute Gasteiger partial charge is 0.304 e. The van der Waals surface area contributed by atoms with Gasteiger partial charge in [0.2, 0.25) is 0 Å². The molecule has 0 amide bonds. The fourth-order valence-corrected chi connectivity index (χ4v) is 0.718. The molecule has 0 saturated carbocycles. The molecule has 1 unspecified atom stereocenters. The maximum absolute atomic E-state index is 10.2. The molecule has 11 heavy (non-hydrogen) atoms. The van der Waals surface area contributed by atoms with E-state index in [4.69, 9.17) is 15.9 Å². The third-order valence-corrected chi connectivity index (χ3v) is 1.25. The summed E-state index contributed by atoms with van der Waals surface area (Å²) in [6, 6.07) is -0.236. The summed E-state index contributed by atoms with van der Waals surface area (Å²) in [5, 5.41) is 19.5. The summed E-state index contributed by atoms with van der Waals surface area (Å²) in [7, 11) is 0. The summed E-state index contributed by atoms with van der Waals surface area (Å²) >= 11 is 0. The summed E-state index contributed by atoms with van der Waals surface area (Å²) in [6.45, 7) is 0.650. The van der Waals surface area contributed by atoms with Crippen LogP contribution in [0.25, 0.3) is 0 Å². The molecular weight excluding hydrogens is 148 g/mol. The number of carbonyl (C=O) groups is 1. The Hall–Kier alpha value is -0.650. The van der Waals surface area contributed by atoms with Crippen LogP contribution in [0, 0.1) is 0 Å². The minimum atomic E-state index is -0.883. The van der Waals surface area contributed by atoms with Crippen molar-refractivity contribution in [1.82, 2.24) is 5.32 Å². The number of rotatable bonds is 6. The van der Waals surface area contributed by atoms with Crippen LogP contribution in [0.3, 0.4) is 0 Å². The molecule has 1 atom stereocenters. The van der Waals surface area contributed by atoms with Crippen LogP contribution < -0.4 is 11.1 Å². The van der Waals surface area contributed by atoms with E-state index < -0.39 is 5.97 Å².